The number of aryl methyl sites for hydroxylation is 1. The van der Waals surface area contributed by atoms with Crippen LogP contribution in [0.3, 0.4) is 0 Å². The molecule has 4 heterocycles. The Balaban J connectivity index is 1.60. The minimum absolute atomic E-state index is 0.192. The van der Waals surface area contributed by atoms with Gasteiger partial charge >= 0.3 is 6.18 Å². The normalized spacial score (nSPS) is 18.2. The van der Waals surface area contributed by atoms with E-state index in [4.69, 9.17) is 16.3 Å². The molecule has 0 unspecified atom stereocenters. The summed E-state index contributed by atoms with van der Waals surface area (Å²) in [4.78, 5) is 21.4. The molecule has 1 N–H and O–H groups in total. The van der Waals surface area contributed by atoms with Gasteiger partial charge in [-0.1, -0.05) is 17.7 Å². The fraction of sp³-hybridized carbons (Fsp3) is 0.292. The summed E-state index contributed by atoms with van der Waals surface area (Å²) in [7, 11) is 0. The van der Waals surface area contributed by atoms with Crippen LogP contribution < -0.4 is 15.6 Å². The van der Waals surface area contributed by atoms with E-state index in [1.807, 2.05) is 0 Å². The summed E-state index contributed by atoms with van der Waals surface area (Å²) < 4.78 is 62.1. The maximum Gasteiger partial charge on any atom is 0.431 e. The number of hydrogen-bond donors (Lipinski definition) is 1. The first-order valence-electron chi connectivity index (χ1n) is 10.9. The lowest BCUT2D eigenvalue weighted by molar-refractivity contribution is -0.144. The van der Waals surface area contributed by atoms with Crippen molar-refractivity contribution in [1.82, 2.24) is 19.9 Å². The van der Waals surface area contributed by atoms with Gasteiger partial charge in [0.1, 0.15) is 23.9 Å². The molecular formula is C24H19ClF4N4O2S. The largest absolute Gasteiger partial charge is 0.485 e. The number of nitrogens with one attached hydrogen (secondary N) is 1. The molecule has 0 radical (unpaired) electrons. The fourth-order valence-electron chi connectivity index (χ4n) is 4.21. The summed E-state index contributed by atoms with van der Waals surface area (Å²) in [5.41, 5.74) is 0.354. The van der Waals surface area contributed by atoms with Gasteiger partial charge in [0.05, 0.1) is 22.5 Å². The lowest BCUT2D eigenvalue weighted by Crippen LogP contribution is -2.27. The smallest absolute Gasteiger partial charge is 0.431 e. The number of pyridine rings is 1. The van der Waals surface area contributed by atoms with Crippen LogP contribution in [0.15, 0.2) is 47.5 Å². The van der Waals surface area contributed by atoms with E-state index in [0.29, 0.717) is 53.8 Å². The van der Waals surface area contributed by atoms with E-state index >= 15 is 0 Å². The van der Waals surface area contributed by atoms with Crippen LogP contribution >= 0.6 is 22.9 Å². The predicted molar refractivity (Wildman–Crippen MR) is 130 cm³/mol. The number of alkyl halides is 4. The van der Waals surface area contributed by atoms with Crippen LogP contribution in [-0.2, 0) is 12.7 Å². The molecule has 0 saturated carbocycles. The van der Waals surface area contributed by atoms with E-state index in [1.165, 1.54) is 17.7 Å². The van der Waals surface area contributed by atoms with Gasteiger partial charge in [-0.2, -0.15) is 13.2 Å². The van der Waals surface area contributed by atoms with Gasteiger partial charge in [-0.3, -0.25) is 9.36 Å². The third kappa shape index (κ3) is 4.70. The number of ether oxygens (including phenoxy) is 1. The van der Waals surface area contributed by atoms with Gasteiger partial charge in [0.25, 0.3) is 5.56 Å². The van der Waals surface area contributed by atoms with Crippen molar-refractivity contribution in [2.24, 2.45) is 0 Å². The SMILES string of the molecule is Cc1cc(Cl)cc(-c2ncnc3cc(Cn4c(C(F)(F)F)cccc4=O)sc23)c1O[C@@H]1CNC[C@@H]1F. The van der Waals surface area contributed by atoms with Crippen LogP contribution in [0.2, 0.25) is 5.02 Å². The summed E-state index contributed by atoms with van der Waals surface area (Å²) in [5.74, 6) is 0.421. The average Bonchev–Trinajstić information content (AvgIpc) is 3.41. The zero-order valence-corrected chi connectivity index (χ0v) is 20.3. The zero-order chi connectivity index (χ0) is 25.6. The molecule has 1 aromatic carbocycles. The lowest BCUT2D eigenvalue weighted by atomic mass is 10.1. The Bertz CT molecular complexity index is 1500. The van der Waals surface area contributed by atoms with Crippen molar-refractivity contribution in [3.8, 4) is 17.0 Å². The van der Waals surface area contributed by atoms with E-state index in [0.717, 1.165) is 18.2 Å². The van der Waals surface area contributed by atoms with Crippen LogP contribution in [-0.4, -0.2) is 39.9 Å². The molecule has 188 valence electrons. The Labute approximate surface area is 211 Å². The highest BCUT2D eigenvalue weighted by molar-refractivity contribution is 7.19. The van der Waals surface area contributed by atoms with E-state index in [-0.39, 0.29) is 13.1 Å². The van der Waals surface area contributed by atoms with Gasteiger partial charge in [-0.15, -0.1) is 11.3 Å². The third-order valence-electron chi connectivity index (χ3n) is 5.87. The number of fused-ring (bicyclic) bond motifs is 1. The molecular weight excluding hydrogens is 520 g/mol. The summed E-state index contributed by atoms with van der Waals surface area (Å²) in [5, 5.41) is 3.37. The maximum atomic E-state index is 14.3. The predicted octanol–water partition coefficient (Wildman–Crippen LogP) is 5.24. The summed E-state index contributed by atoms with van der Waals surface area (Å²) in [6.45, 7) is 2.04. The zero-order valence-electron chi connectivity index (χ0n) is 18.8. The Kier molecular flexibility index (Phi) is 6.48. The molecule has 4 aromatic rings. The molecule has 12 heteroatoms. The first kappa shape index (κ1) is 24.7. The number of thiophene rings is 1. The van der Waals surface area contributed by atoms with Gasteiger partial charge in [-0.25, -0.2) is 14.4 Å². The fourth-order valence-corrected chi connectivity index (χ4v) is 5.59. The minimum atomic E-state index is -4.68. The van der Waals surface area contributed by atoms with Gasteiger partial charge in [0.15, 0.2) is 6.17 Å². The second kappa shape index (κ2) is 9.45. The summed E-state index contributed by atoms with van der Waals surface area (Å²) in [6.07, 6.45) is -5.22. The molecule has 0 spiro atoms. The Morgan fingerprint density at radius 1 is 1.22 bits per heavy atom. The number of aromatic nitrogens is 3. The number of rotatable bonds is 5. The van der Waals surface area contributed by atoms with Crippen molar-refractivity contribution in [3.05, 3.63) is 74.2 Å². The van der Waals surface area contributed by atoms with Crippen molar-refractivity contribution >= 4 is 33.2 Å². The molecule has 0 bridgehead atoms. The van der Waals surface area contributed by atoms with Crippen LogP contribution in [0.5, 0.6) is 5.75 Å². The molecule has 1 aliphatic rings. The molecule has 0 amide bonds. The second-order valence-electron chi connectivity index (χ2n) is 8.41. The molecule has 6 nitrogen and oxygen atoms in total. The van der Waals surface area contributed by atoms with Gasteiger partial charge < -0.3 is 10.1 Å². The van der Waals surface area contributed by atoms with Crippen LogP contribution in [0.25, 0.3) is 21.5 Å². The number of halogens is 5. The topological polar surface area (TPSA) is 69.0 Å². The minimum Gasteiger partial charge on any atom is -0.485 e. The molecule has 1 saturated heterocycles. The Morgan fingerprint density at radius 2 is 2.03 bits per heavy atom. The quantitative estimate of drug-likeness (QED) is 0.352. The first-order valence-corrected chi connectivity index (χ1v) is 12.1. The van der Waals surface area contributed by atoms with Crippen LogP contribution in [0.4, 0.5) is 17.6 Å². The molecule has 3 aromatic heterocycles. The lowest BCUT2D eigenvalue weighted by Gasteiger charge is -2.20. The Hall–Kier alpha value is -3.02. The number of nitrogens with zero attached hydrogens (tertiary/aromatic N) is 3. The standard InChI is InChI=1S/C24H19ClF4N4O2S/c1-12-5-13(25)6-15(22(12)35-18-9-30-8-16(18)26)21-23-17(31-11-32-21)7-14(36-23)10-33-19(24(27,28)29)3-2-4-20(33)34/h2-7,11,16,18,30H,8-10H2,1H3/t16-,18+/m0/s1. The van der Waals surface area contributed by atoms with E-state index in [1.54, 1.807) is 25.1 Å². The van der Waals surface area contributed by atoms with Gasteiger partial charge in [0.2, 0.25) is 0 Å². The molecule has 1 aliphatic heterocycles. The highest BCUT2D eigenvalue weighted by Crippen LogP contribution is 2.41. The number of benzene rings is 1. The van der Waals surface area contributed by atoms with E-state index in [2.05, 4.69) is 15.3 Å². The summed E-state index contributed by atoms with van der Waals surface area (Å²) in [6, 6.07) is 8.03. The van der Waals surface area contributed by atoms with Crippen molar-refractivity contribution < 1.29 is 22.3 Å². The van der Waals surface area contributed by atoms with Gasteiger partial charge in [-0.05, 0) is 36.8 Å². The van der Waals surface area contributed by atoms with Crippen molar-refractivity contribution in [2.75, 3.05) is 13.1 Å². The van der Waals surface area contributed by atoms with Gasteiger partial charge in [0, 0.05) is 34.6 Å². The van der Waals surface area contributed by atoms with Crippen LogP contribution in [0, 0.1) is 6.92 Å². The van der Waals surface area contributed by atoms with Crippen molar-refractivity contribution in [2.45, 2.75) is 31.9 Å². The molecule has 1 fully saturated rings. The first-order chi connectivity index (χ1) is 17.1. The second-order valence-corrected chi connectivity index (χ2v) is 9.99. The highest BCUT2D eigenvalue weighted by Gasteiger charge is 2.34. The van der Waals surface area contributed by atoms with Crippen LogP contribution in [0.1, 0.15) is 16.1 Å². The van der Waals surface area contributed by atoms with E-state index in [9.17, 15) is 22.4 Å². The van der Waals surface area contributed by atoms with Crippen molar-refractivity contribution in [1.29, 1.82) is 0 Å². The molecule has 36 heavy (non-hydrogen) atoms. The highest BCUT2D eigenvalue weighted by atomic mass is 35.5. The van der Waals surface area contributed by atoms with Crippen molar-refractivity contribution in [3.63, 3.8) is 0 Å². The average molecular weight is 539 g/mol. The molecule has 0 aliphatic carbocycles. The van der Waals surface area contributed by atoms with E-state index < -0.39 is 29.7 Å². The Morgan fingerprint density at radius 3 is 2.75 bits per heavy atom. The third-order valence-corrected chi connectivity index (χ3v) is 7.20. The monoisotopic (exact) mass is 538 g/mol. The maximum absolute atomic E-state index is 14.3. The molecule has 2 atom stereocenters. The molecule has 5 rings (SSSR count). The summed E-state index contributed by atoms with van der Waals surface area (Å²) >= 11 is 7.50. The number of hydrogen-bond acceptors (Lipinski definition) is 6.